The maximum Gasteiger partial charge on any atom is 0.408 e. The molecule has 1 heterocycles. The number of likely N-dealkylation sites (tertiary alicyclic amines) is 1. The van der Waals surface area contributed by atoms with Crippen LogP contribution in [0.3, 0.4) is 0 Å². The van der Waals surface area contributed by atoms with Crippen molar-refractivity contribution in [1.29, 1.82) is 0 Å². The van der Waals surface area contributed by atoms with Crippen LogP contribution in [0.5, 0.6) is 0 Å². The van der Waals surface area contributed by atoms with Gasteiger partial charge in [-0.1, -0.05) is 43.0 Å². The lowest BCUT2D eigenvalue weighted by atomic mass is 9.82. The number of β-lactam (4-membered cyclic amide) rings is 1. The standard InChI is InChI=1S/C22H26ClF3N2O4/c23-15-10-4-6-13(12-15)7-5-11-16-17(20(30)31)28(19(16)29)21(32)27-18(22(24,25)26)14-8-2-1-3-9-14/h4,6,10,12,14,16-18H,1-3,5,7-9,11H2,(H,27,32)(H,30,31)/t16-,17+,18+/m1/s1. The number of urea groups is 1. The van der Waals surface area contributed by atoms with Crippen LogP contribution in [0.15, 0.2) is 24.3 Å². The van der Waals surface area contributed by atoms with Crippen molar-refractivity contribution in [2.45, 2.75) is 69.6 Å². The Morgan fingerprint density at radius 2 is 1.91 bits per heavy atom. The molecule has 176 valence electrons. The largest absolute Gasteiger partial charge is 0.480 e. The number of hydrogen-bond donors (Lipinski definition) is 2. The van der Waals surface area contributed by atoms with Gasteiger partial charge in [-0.3, -0.25) is 4.79 Å². The Labute approximate surface area is 189 Å². The summed E-state index contributed by atoms with van der Waals surface area (Å²) in [4.78, 5) is 37.2. The summed E-state index contributed by atoms with van der Waals surface area (Å²) in [5, 5.41) is 12.0. The highest BCUT2D eigenvalue weighted by atomic mass is 35.5. The summed E-state index contributed by atoms with van der Waals surface area (Å²) in [6, 6.07) is 2.26. The number of aliphatic carboxylic acids is 1. The zero-order chi connectivity index (χ0) is 23.5. The number of alkyl halides is 3. The zero-order valence-corrected chi connectivity index (χ0v) is 18.2. The van der Waals surface area contributed by atoms with Gasteiger partial charge in [0, 0.05) is 5.02 Å². The molecule has 3 atom stereocenters. The lowest BCUT2D eigenvalue weighted by Crippen LogP contribution is -2.69. The third-order valence-corrected chi connectivity index (χ3v) is 6.54. The first-order chi connectivity index (χ1) is 15.1. The smallest absolute Gasteiger partial charge is 0.408 e. The Morgan fingerprint density at radius 3 is 2.50 bits per heavy atom. The first-order valence-electron chi connectivity index (χ1n) is 10.8. The van der Waals surface area contributed by atoms with Crippen molar-refractivity contribution < 1.29 is 32.7 Å². The van der Waals surface area contributed by atoms with Crippen LogP contribution in [0.2, 0.25) is 5.02 Å². The number of nitrogens with one attached hydrogen (secondary N) is 1. The number of carboxylic acids is 1. The molecule has 1 saturated heterocycles. The van der Waals surface area contributed by atoms with Gasteiger partial charge < -0.3 is 10.4 Å². The van der Waals surface area contributed by atoms with E-state index >= 15 is 0 Å². The minimum Gasteiger partial charge on any atom is -0.480 e. The zero-order valence-electron chi connectivity index (χ0n) is 17.4. The molecule has 0 bridgehead atoms. The van der Waals surface area contributed by atoms with E-state index in [1.54, 1.807) is 18.2 Å². The second-order valence-corrected chi connectivity index (χ2v) is 8.92. The van der Waals surface area contributed by atoms with E-state index in [9.17, 15) is 32.7 Å². The van der Waals surface area contributed by atoms with Crippen LogP contribution < -0.4 is 5.32 Å². The fourth-order valence-electron chi connectivity index (χ4n) is 4.69. The van der Waals surface area contributed by atoms with Crippen LogP contribution in [0.1, 0.15) is 50.5 Å². The van der Waals surface area contributed by atoms with E-state index in [4.69, 9.17) is 11.6 Å². The van der Waals surface area contributed by atoms with E-state index in [1.807, 2.05) is 11.4 Å². The molecule has 0 aromatic heterocycles. The second kappa shape index (κ2) is 10.1. The topological polar surface area (TPSA) is 86.7 Å². The van der Waals surface area contributed by atoms with Gasteiger partial charge in [0.15, 0.2) is 6.04 Å². The fourth-order valence-corrected chi connectivity index (χ4v) is 4.91. The van der Waals surface area contributed by atoms with Gasteiger partial charge >= 0.3 is 18.2 Å². The normalized spacial score (nSPS) is 22.9. The molecule has 0 unspecified atom stereocenters. The monoisotopic (exact) mass is 474 g/mol. The van der Waals surface area contributed by atoms with Crippen molar-refractivity contribution in [3.8, 4) is 0 Å². The number of halogens is 4. The van der Waals surface area contributed by atoms with Crippen molar-refractivity contribution >= 4 is 29.5 Å². The van der Waals surface area contributed by atoms with Crippen LogP contribution >= 0.6 is 11.6 Å². The Hall–Kier alpha value is -2.29. The molecule has 2 fully saturated rings. The van der Waals surface area contributed by atoms with Crippen molar-refractivity contribution in [2.24, 2.45) is 11.8 Å². The third kappa shape index (κ3) is 5.54. The second-order valence-electron chi connectivity index (χ2n) is 8.49. The minimum atomic E-state index is -4.68. The van der Waals surface area contributed by atoms with Gasteiger partial charge in [0.25, 0.3) is 0 Å². The molecule has 1 aliphatic heterocycles. The van der Waals surface area contributed by atoms with Crippen molar-refractivity contribution in [3.63, 3.8) is 0 Å². The first-order valence-corrected chi connectivity index (χ1v) is 11.1. The van der Waals surface area contributed by atoms with Gasteiger partial charge in [0.05, 0.1) is 5.92 Å². The molecule has 0 spiro atoms. The van der Waals surface area contributed by atoms with Gasteiger partial charge in [0.1, 0.15) is 6.04 Å². The third-order valence-electron chi connectivity index (χ3n) is 6.31. The van der Waals surface area contributed by atoms with E-state index in [1.165, 1.54) is 0 Å². The maximum atomic E-state index is 13.6. The highest BCUT2D eigenvalue weighted by Gasteiger charge is 2.56. The Bertz CT molecular complexity index is 858. The summed E-state index contributed by atoms with van der Waals surface area (Å²) in [5.41, 5.74) is 0.922. The van der Waals surface area contributed by atoms with Gasteiger partial charge in [-0.2, -0.15) is 13.2 Å². The SMILES string of the molecule is O=C(O)[C@@H]1[C@@H](CCCc2cccc(Cl)c2)C(=O)N1C(=O)N[C@@H](C1CCCCC1)C(F)(F)F. The Kier molecular flexibility index (Phi) is 7.69. The van der Waals surface area contributed by atoms with E-state index in [0.717, 1.165) is 12.0 Å². The Morgan fingerprint density at radius 1 is 1.22 bits per heavy atom. The number of rotatable bonds is 7. The summed E-state index contributed by atoms with van der Waals surface area (Å²) < 4.78 is 40.8. The number of nitrogens with zero attached hydrogens (tertiary/aromatic N) is 1. The number of carbonyl (C=O) groups excluding carboxylic acids is 2. The summed E-state index contributed by atoms with van der Waals surface area (Å²) in [5.74, 6) is -3.89. The molecule has 1 aliphatic carbocycles. The van der Waals surface area contributed by atoms with Crippen LogP contribution in [0, 0.1) is 11.8 Å². The number of aryl methyl sites for hydroxylation is 1. The lowest BCUT2D eigenvalue weighted by molar-refractivity contribution is -0.173. The van der Waals surface area contributed by atoms with Gasteiger partial charge in [0.2, 0.25) is 5.91 Å². The van der Waals surface area contributed by atoms with E-state index in [0.29, 0.717) is 48.4 Å². The molecule has 1 aromatic rings. The molecule has 10 heteroatoms. The summed E-state index contributed by atoms with van der Waals surface area (Å²) in [6.45, 7) is 0. The number of benzene rings is 1. The number of amides is 3. The number of carboxylic acid groups (broad SMARTS) is 1. The number of hydrogen-bond acceptors (Lipinski definition) is 3. The average molecular weight is 475 g/mol. The van der Waals surface area contributed by atoms with Crippen LogP contribution in [-0.4, -0.2) is 46.2 Å². The van der Waals surface area contributed by atoms with Crippen molar-refractivity contribution in [3.05, 3.63) is 34.9 Å². The molecular weight excluding hydrogens is 449 g/mol. The molecule has 2 N–H and O–H groups in total. The molecule has 32 heavy (non-hydrogen) atoms. The lowest BCUT2D eigenvalue weighted by Gasteiger charge is -2.44. The van der Waals surface area contributed by atoms with Gasteiger partial charge in [-0.15, -0.1) is 0 Å². The molecule has 1 aromatic carbocycles. The number of imide groups is 1. The van der Waals surface area contributed by atoms with Crippen LogP contribution in [0.4, 0.5) is 18.0 Å². The van der Waals surface area contributed by atoms with Crippen LogP contribution in [0.25, 0.3) is 0 Å². The summed E-state index contributed by atoms with van der Waals surface area (Å²) in [6.07, 6.45) is -0.663. The fraction of sp³-hybridized carbons (Fsp3) is 0.591. The molecule has 2 aliphatic rings. The summed E-state index contributed by atoms with van der Waals surface area (Å²) in [7, 11) is 0. The molecule has 1 saturated carbocycles. The molecular formula is C22H26ClF3N2O4. The van der Waals surface area contributed by atoms with Gasteiger partial charge in [-0.05, 0) is 55.7 Å². The molecule has 6 nitrogen and oxygen atoms in total. The average Bonchev–Trinajstić information content (AvgIpc) is 2.72. The summed E-state index contributed by atoms with van der Waals surface area (Å²) >= 11 is 5.93. The van der Waals surface area contributed by atoms with E-state index < -0.39 is 48.0 Å². The number of carbonyl (C=O) groups is 3. The molecule has 3 rings (SSSR count). The van der Waals surface area contributed by atoms with Crippen molar-refractivity contribution in [1.82, 2.24) is 10.2 Å². The predicted molar refractivity (Wildman–Crippen MR) is 111 cm³/mol. The first kappa shape index (κ1) is 24.4. The highest BCUT2D eigenvalue weighted by Crippen LogP contribution is 2.36. The highest BCUT2D eigenvalue weighted by molar-refractivity contribution is 6.30. The van der Waals surface area contributed by atoms with Gasteiger partial charge in [-0.25, -0.2) is 14.5 Å². The Balaban J connectivity index is 1.63. The van der Waals surface area contributed by atoms with E-state index in [-0.39, 0.29) is 6.42 Å². The van der Waals surface area contributed by atoms with Crippen molar-refractivity contribution in [2.75, 3.05) is 0 Å². The maximum absolute atomic E-state index is 13.6. The predicted octanol–water partition coefficient (Wildman–Crippen LogP) is 4.80. The molecule has 0 radical (unpaired) electrons. The molecule has 3 amide bonds. The van der Waals surface area contributed by atoms with Crippen LogP contribution in [-0.2, 0) is 16.0 Å². The van der Waals surface area contributed by atoms with E-state index in [2.05, 4.69) is 0 Å². The quantitative estimate of drug-likeness (QED) is 0.556. The minimum absolute atomic E-state index is 0.206.